The van der Waals surface area contributed by atoms with Crippen molar-refractivity contribution in [2.24, 2.45) is 0 Å². The Morgan fingerprint density at radius 1 is 1.37 bits per heavy atom. The lowest BCUT2D eigenvalue weighted by Crippen LogP contribution is -2.49. The number of ether oxygens (including phenoxy) is 1. The van der Waals surface area contributed by atoms with Crippen LogP contribution in [0.4, 0.5) is 0 Å². The van der Waals surface area contributed by atoms with E-state index in [-0.39, 0.29) is 36.0 Å². The van der Waals surface area contributed by atoms with Crippen molar-refractivity contribution in [2.75, 3.05) is 38.2 Å². The van der Waals surface area contributed by atoms with Gasteiger partial charge in [0.15, 0.2) is 9.84 Å². The second kappa shape index (κ2) is 6.19. The maximum absolute atomic E-state index is 12.1. The molecule has 1 atom stereocenters. The summed E-state index contributed by atoms with van der Waals surface area (Å²) >= 11 is 0. The summed E-state index contributed by atoms with van der Waals surface area (Å²) in [5.74, 6) is 0.300. The highest BCUT2D eigenvalue weighted by molar-refractivity contribution is 7.91. The van der Waals surface area contributed by atoms with Crippen LogP contribution in [0.2, 0.25) is 0 Å². The van der Waals surface area contributed by atoms with Crippen LogP contribution in [0, 0.1) is 0 Å². The molecule has 2 aliphatic heterocycles. The molecule has 7 heteroatoms. The molecule has 2 heterocycles. The largest absolute Gasteiger partial charge is 0.381 e. The van der Waals surface area contributed by atoms with Crippen LogP contribution >= 0.6 is 0 Å². The fraction of sp³-hybridized carbons (Fsp3) is 0.917. The Hall–Kier alpha value is -0.660. The van der Waals surface area contributed by atoms with Gasteiger partial charge >= 0.3 is 0 Å². The molecule has 0 aromatic rings. The minimum absolute atomic E-state index is 0.0455. The quantitative estimate of drug-likeness (QED) is 0.751. The Morgan fingerprint density at radius 2 is 2.05 bits per heavy atom. The number of likely N-dealkylation sites (tertiary alicyclic amines) is 1. The summed E-state index contributed by atoms with van der Waals surface area (Å²) in [6.07, 6.45) is 2.24. The number of sulfone groups is 1. The van der Waals surface area contributed by atoms with Gasteiger partial charge in [-0.25, -0.2) is 8.42 Å². The Labute approximate surface area is 114 Å². The van der Waals surface area contributed by atoms with Gasteiger partial charge in [-0.05, 0) is 12.8 Å². The van der Waals surface area contributed by atoms with Crippen LogP contribution in [0.5, 0.6) is 0 Å². The molecule has 1 amide bonds. The molecule has 0 aliphatic carbocycles. The van der Waals surface area contributed by atoms with E-state index in [2.05, 4.69) is 5.32 Å². The molecular formula is C12H22N2O4S. The molecule has 2 fully saturated rings. The normalized spacial score (nSPS) is 28.3. The Kier molecular flexibility index (Phi) is 4.81. The predicted molar refractivity (Wildman–Crippen MR) is 71.7 cm³/mol. The third-order valence-electron chi connectivity index (χ3n) is 3.85. The van der Waals surface area contributed by atoms with Gasteiger partial charge in [-0.3, -0.25) is 4.79 Å². The van der Waals surface area contributed by atoms with E-state index in [0.29, 0.717) is 19.6 Å². The second-order valence-corrected chi connectivity index (χ2v) is 7.51. The molecule has 6 nitrogen and oxygen atoms in total. The van der Waals surface area contributed by atoms with Crippen LogP contribution in [0.15, 0.2) is 0 Å². The predicted octanol–water partition coefficient (Wildman–Crippen LogP) is -0.599. The van der Waals surface area contributed by atoms with E-state index in [1.807, 2.05) is 4.90 Å². The van der Waals surface area contributed by atoms with E-state index < -0.39 is 9.84 Å². The van der Waals surface area contributed by atoms with Gasteiger partial charge in [0.25, 0.3) is 0 Å². The van der Waals surface area contributed by atoms with Crippen LogP contribution in [-0.4, -0.2) is 69.6 Å². The van der Waals surface area contributed by atoms with Crippen LogP contribution < -0.4 is 5.32 Å². The van der Waals surface area contributed by atoms with E-state index in [1.165, 1.54) is 0 Å². The van der Waals surface area contributed by atoms with Crippen molar-refractivity contribution in [3.63, 3.8) is 0 Å². The number of carbonyl (C=O) groups excluding carboxylic acids is 1. The van der Waals surface area contributed by atoms with Gasteiger partial charge in [0, 0.05) is 39.2 Å². The second-order valence-electron chi connectivity index (χ2n) is 5.29. The smallest absolute Gasteiger partial charge is 0.224 e. The van der Waals surface area contributed by atoms with E-state index in [4.69, 9.17) is 4.74 Å². The number of piperidine rings is 1. The van der Waals surface area contributed by atoms with Crippen LogP contribution in [0.1, 0.15) is 19.3 Å². The van der Waals surface area contributed by atoms with E-state index in [9.17, 15) is 13.2 Å². The van der Waals surface area contributed by atoms with Crippen molar-refractivity contribution in [1.29, 1.82) is 0 Å². The Balaban J connectivity index is 1.81. The third-order valence-corrected chi connectivity index (χ3v) is 5.59. The molecule has 2 aliphatic rings. The lowest BCUT2D eigenvalue weighted by Gasteiger charge is -2.33. The standard InChI is InChI=1S/C12H22N2O4S/c1-18-11-2-5-14(6-3-11)12(15)8-10-9-19(16,17)7-4-13-10/h10-11,13H,2-9H2,1H3. The van der Waals surface area contributed by atoms with E-state index in [1.54, 1.807) is 7.11 Å². The van der Waals surface area contributed by atoms with Crippen molar-refractivity contribution in [3.8, 4) is 0 Å². The zero-order valence-electron chi connectivity index (χ0n) is 11.3. The zero-order valence-corrected chi connectivity index (χ0v) is 12.1. The number of nitrogens with zero attached hydrogens (tertiary/aromatic N) is 1. The first kappa shape index (κ1) is 14.7. The summed E-state index contributed by atoms with van der Waals surface area (Å²) in [4.78, 5) is 13.9. The Bertz CT molecular complexity index is 415. The van der Waals surface area contributed by atoms with Crippen molar-refractivity contribution >= 4 is 15.7 Å². The number of hydrogen-bond acceptors (Lipinski definition) is 5. The summed E-state index contributed by atoms with van der Waals surface area (Å²) in [5, 5.41) is 3.11. The lowest BCUT2D eigenvalue weighted by atomic mass is 10.1. The molecule has 2 rings (SSSR count). The molecule has 1 unspecified atom stereocenters. The molecule has 19 heavy (non-hydrogen) atoms. The molecule has 0 bridgehead atoms. The van der Waals surface area contributed by atoms with Crippen molar-refractivity contribution in [2.45, 2.75) is 31.4 Å². The average molecular weight is 290 g/mol. The highest BCUT2D eigenvalue weighted by atomic mass is 32.2. The van der Waals surface area contributed by atoms with Crippen LogP contribution in [0.3, 0.4) is 0 Å². The first-order chi connectivity index (χ1) is 9.00. The van der Waals surface area contributed by atoms with Gasteiger partial charge in [0.05, 0.1) is 17.6 Å². The molecular weight excluding hydrogens is 268 g/mol. The molecule has 110 valence electrons. The fourth-order valence-electron chi connectivity index (χ4n) is 2.68. The number of amides is 1. The van der Waals surface area contributed by atoms with Gasteiger partial charge in [0.1, 0.15) is 0 Å². The Morgan fingerprint density at radius 3 is 2.63 bits per heavy atom. The van der Waals surface area contributed by atoms with Crippen molar-refractivity contribution in [1.82, 2.24) is 10.2 Å². The number of rotatable bonds is 3. The highest BCUT2D eigenvalue weighted by Crippen LogP contribution is 2.15. The van der Waals surface area contributed by atoms with Gasteiger partial charge in [-0.2, -0.15) is 0 Å². The maximum Gasteiger partial charge on any atom is 0.224 e. The molecule has 0 radical (unpaired) electrons. The number of methoxy groups -OCH3 is 1. The highest BCUT2D eigenvalue weighted by Gasteiger charge is 2.29. The van der Waals surface area contributed by atoms with Crippen LogP contribution in [-0.2, 0) is 19.4 Å². The van der Waals surface area contributed by atoms with E-state index in [0.717, 1.165) is 12.8 Å². The van der Waals surface area contributed by atoms with Crippen molar-refractivity contribution < 1.29 is 17.9 Å². The van der Waals surface area contributed by atoms with E-state index >= 15 is 0 Å². The molecule has 0 aromatic heterocycles. The average Bonchev–Trinajstić information content (AvgIpc) is 2.37. The van der Waals surface area contributed by atoms with Gasteiger partial charge in [0.2, 0.25) is 5.91 Å². The topological polar surface area (TPSA) is 75.7 Å². The summed E-state index contributed by atoms with van der Waals surface area (Å²) in [6.45, 7) is 1.86. The zero-order chi connectivity index (χ0) is 13.9. The first-order valence-corrected chi connectivity index (χ1v) is 8.56. The van der Waals surface area contributed by atoms with Gasteiger partial charge in [-0.15, -0.1) is 0 Å². The molecule has 0 spiro atoms. The monoisotopic (exact) mass is 290 g/mol. The first-order valence-electron chi connectivity index (χ1n) is 6.74. The number of nitrogens with one attached hydrogen (secondary N) is 1. The van der Waals surface area contributed by atoms with Gasteiger partial charge < -0.3 is 15.0 Å². The lowest BCUT2D eigenvalue weighted by molar-refractivity contribution is -0.133. The molecule has 1 N–H and O–H groups in total. The number of carbonyl (C=O) groups is 1. The molecule has 2 saturated heterocycles. The summed E-state index contributed by atoms with van der Waals surface area (Å²) in [6, 6.07) is -0.230. The van der Waals surface area contributed by atoms with Crippen molar-refractivity contribution in [3.05, 3.63) is 0 Å². The van der Waals surface area contributed by atoms with Gasteiger partial charge in [-0.1, -0.05) is 0 Å². The minimum atomic E-state index is -2.97. The molecule has 0 saturated carbocycles. The summed E-state index contributed by atoms with van der Waals surface area (Å²) < 4.78 is 28.3. The summed E-state index contributed by atoms with van der Waals surface area (Å²) in [5.41, 5.74) is 0. The maximum atomic E-state index is 12.1. The summed E-state index contributed by atoms with van der Waals surface area (Å²) in [7, 11) is -1.28. The van der Waals surface area contributed by atoms with Crippen LogP contribution in [0.25, 0.3) is 0 Å². The molecule has 0 aromatic carbocycles. The number of hydrogen-bond donors (Lipinski definition) is 1. The third kappa shape index (κ3) is 4.15. The fourth-order valence-corrected chi connectivity index (χ4v) is 4.12. The SMILES string of the molecule is COC1CCN(C(=O)CC2CS(=O)(=O)CCN2)CC1. The minimum Gasteiger partial charge on any atom is -0.381 e.